The van der Waals surface area contributed by atoms with Gasteiger partial charge >= 0.3 is 5.97 Å². The van der Waals surface area contributed by atoms with Gasteiger partial charge < -0.3 is 5.11 Å². The number of rotatable bonds is 4. The molecule has 0 fully saturated rings. The van der Waals surface area contributed by atoms with Gasteiger partial charge in [-0.25, -0.2) is 0 Å². The third-order valence-electron chi connectivity index (χ3n) is 1.28. The predicted octanol–water partition coefficient (Wildman–Crippen LogP) is 0.548. The molecule has 59 valence electrons. The van der Waals surface area contributed by atoms with E-state index in [9.17, 15) is 4.79 Å². The summed E-state index contributed by atoms with van der Waals surface area (Å²) in [5, 5.41) is 12.2. The van der Waals surface area contributed by atoms with Gasteiger partial charge in [0.15, 0.2) is 0 Å². The number of carboxylic acid groups (broad SMARTS) is 1. The summed E-state index contributed by atoms with van der Waals surface area (Å²) in [5.41, 5.74) is 0. The maximum Gasteiger partial charge on any atom is 0.303 e. The summed E-state index contributed by atoms with van der Waals surface area (Å²) in [4.78, 5) is 10.1. The molecule has 1 aromatic rings. The summed E-state index contributed by atoms with van der Waals surface area (Å²) in [6, 6.07) is 2.77. The van der Waals surface area contributed by atoms with E-state index in [4.69, 9.17) is 5.11 Å². The smallest absolute Gasteiger partial charge is 0.303 e. The predicted molar refractivity (Wildman–Crippen MR) is 37.9 cm³/mol. The van der Waals surface area contributed by atoms with Crippen molar-refractivity contribution < 1.29 is 9.90 Å². The van der Waals surface area contributed by atoms with Crippen LogP contribution in [0.25, 0.3) is 0 Å². The number of carbonyl (C=O) groups is 1. The Labute approximate surface area is 64.5 Å². The second-order valence-corrected chi connectivity index (χ2v) is 2.20. The van der Waals surface area contributed by atoms with Crippen molar-refractivity contribution in [2.45, 2.75) is 19.4 Å². The Morgan fingerprint density at radius 1 is 1.73 bits per heavy atom. The van der Waals surface area contributed by atoms with E-state index in [2.05, 4.69) is 11.2 Å². The lowest BCUT2D eigenvalue weighted by Gasteiger charge is -1.96. The van der Waals surface area contributed by atoms with E-state index < -0.39 is 5.97 Å². The minimum atomic E-state index is -0.763. The van der Waals surface area contributed by atoms with Gasteiger partial charge in [0, 0.05) is 25.2 Å². The summed E-state index contributed by atoms with van der Waals surface area (Å²) in [7, 11) is 0. The largest absolute Gasteiger partial charge is 0.481 e. The van der Waals surface area contributed by atoms with Crippen LogP contribution < -0.4 is 0 Å². The second kappa shape index (κ2) is 3.75. The van der Waals surface area contributed by atoms with Crippen LogP contribution in [0.4, 0.5) is 0 Å². The highest BCUT2D eigenvalue weighted by Gasteiger charge is 1.96. The van der Waals surface area contributed by atoms with E-state index in [0.29, 0.717) is 13.0 Å². The van der Waals surface area contributed by atoms with Gasteiger partial charge in [0.05, 0.1) is 6.20 Å². The van der Waals surface area contributed by atoms with Crippen molar-refractivity contribution in [1.82, 2.24) is 9.78 Å². The average Bonchev–Trinajstić information content (AvgIpc) is 2.39. The van der Waals surface area contributed by atoms with Gasteiger partial charge in [0.1, 0.15) is 0 Å². The van der Waals surface area contributed by atoms with Crippen LogP contribution >= 0.6 is 0 Å². The molecule has 4 heteroatoms. The SMILES string of the molecule is O=C(O)CCCn1c[c]cn1. The second-order valence-electron chi connectivity index (χ2n) is 2.20. The zero-order valence-electron chi connectivity index (χ0n) is 6.03. The zero-order valence-corrected chi connectivity index (χ0v) is 6.03. The Hall–Kier alpha value is -1.32. The molecule has 0 atom stereocenters. The van der Waals surface area contributed by atoms with Crippen LogP contribution in [0.2, 0.25) is 0 Å². The van der Waals surface area contributed by atoms with E-state index in [-0.39, 0.29) is 6.42 Å². The molecular formula is C7H9N2O2. The van der Waals surface area contributed by atoms with Gasteiger partial charge in [-0.1, -0.05) is 0 Å². The van der Waals surface area contributed by atoms with Crippen LogP contribution in [0.5, 0.6) is 0 Å². The molecule has 1 N–H and O–H groups in total. The molecular weight excluding hydrogens is 144 g/mol. The average molecular weight is 153 g/mol. The molecule has 0 aliphatic heterocycles. The molecule has 1 rings (SSSR count). The van der Waals surface area contributed by atoms with Crippen molar-refractivity contribution in [2.75, 3.05) is 0 Å². The number of aromatic nitrogens is 2. The van der Waals surface area contributed by atoms with Crippen LogP contribution in [-0.2, 0) is 11.3 Å². The van der Waals surface area contributed by atoms with E-state index in [1.54, 1.807) is 17.1 Å². The van der Waals surface area contributed by atoms with E-state index in [0.717, 1.165) is 0 Å². The molecule has 1 radical (unpaired) electrons. The maximum absolute atomic E-state index is 10.1. The number of aliphatic carboxylic acids is 1. The highest BCUT2D eigenvalue weighted by molar-refractivity contribution is 5.66. The van der Waals surface area contributed by atoms with Crippen LogP contribution in [0, 0.1) is 6.07 Å². The molecule has 0 saturated heterocycles. The topological polar surface area (TPSA) is 55.1 Å². The summed E-state index contributed by atoms with van der Waals surface area (Å²) in [6.07, 6.45) is 4.06. The summed E-state index contributed by atoms with van der Waals surface area (Å²) >= 11 is 0. The number of hydrogen-bond acceptors (Lipinski definition) is 2. The van der Waals surface area contributed by atoms with Gasteiger partial charge in [-0.3, -0.25) is 9.48 Å². The normalized spacial score (nSPS) is 9.82. The van der Waals surface area contributed by atoms with Crippen LogP contribution in [0.3, 0.4) is 0 Å². The Morgan fingerprint density at radius 2 is 2.55 bits per heavy atom. The number of nitrogens with zero attached hydrogens (tertiary/aromatic N) is 2. The van der Waals surface area contributed by atoms with E-state index in [1.165, 1.54) is 0 Å². The minimum Gasteiger partial charge on any atom is -0.481 e. The third kappa shape index (κ3) is 2.84. The summed E-state index contributed by atoms with van der Waals surface area (Å²) < 4.78 is 1.67. The molecule has 4 nitrogen and oxygen atoms in total. The van der Waals surface area contributed by atoms with Crippen molar-refractivity contribution in [3.63, 3.8) is 0 Å². The van der Waals surface area contributed by atoms with E-state index >= 15 is 0 Å². The highest BCUT2D eigenvalue weighted by Crippen LogP contribution is 1.92. The first-order valence-corrected chi connectivity index (χ1v) is 3.39. The van der Waals surface area contributed by atoms with Crippen molar-refractivity contribution in [3.05, 3.63) is 18.5 Å². The molecule has 11 heavy (non-hydrogen) atoms. The van der Waals surface area contributed by atoms with Gasteiger partial charge in [0.25, 0.3) is 0 Å². The fourth-order valence-corrected chi connectivity index (χ4v) is 0.775. The number of carboxylic acids is 1. The first kappa shape index (κ1) is 7.78. The molecule has 0 unspecified atom stereocenters. The molecule has 0 saturated carbocycles. The van der Waals surface area contributed by atoms with Gasteiger partial charge in [0.2, 0.25) is 0 Å². The summed E-state index contributed by atoms with van der Waals surface area (Å²) in [5.74, 6) is -0.763. The third-order valence-corrected chi connectivity index (χ3v) is 1.28. The Bertz CT molecular complexity index is 218. The molecule has 1 heterocycles. The van der Waals surface area contributed by atoms with Crippen molar-refractivity contribution in [2.24, 2.45) is 0 Å². The number of aryl methyl sites for hydroxylation is 1. The Balaban J connectivity index is 2.19. The van der Waals surface area contributed by atoms with E-state index in [1.807, 2.05) is 0 Å². The fourth-order valence-electron chi connectivity index (χ4n) is 0.775. The molecule has 0 aliphatic carbocycles. The van der Waals surface area contributed by atoms with Crippen LogP contribution in [0.1, 0.15) is 12.8 Å². The standard InChI is InChI=1S/C7H9N2O2/c10-7(11)3-1-5-9-6-2-4-8-9/h4,6H,1,3,5H2,(H,10,11). The first-order chi connectivity index (χ1) is 5.29. The van der Waals surface area contributed by atoms with Gasteiger partial charge in [-0.2, -0.15) is 5.10 Å². The lowest BCUT2D eigenvalue weighted by atomic mass is 10.3. The van der Waals surface area contributed by atoms with Crippen molar-refractivity contribution >= 4 is 5.97 Å². The van der Waals surface area contributed by atoms with Gasteiger partial charge in [-0.05, 0) is 6.42 Å². The lowest BCUT2D eigenvalue weighted by Crippen LogP contribution is -2.01. The lowest BCUT2D eigenvalue weighted by molar-refractivity contribution is -0.137. The first-order valence-electron chi connectivity index (χ1n) is 3.39. The van der Waals surface area contributed by atoms with Crippen molar-refractivity contribution in [1.29, 1.82) is 0 Å². The van der Waals surface area contributed by atoms with Crippen LogP contribution in [-0.4, -0.2) is 20.9 Å². The number of hydrogen-bond donors (Lipinski definition) is 1. The minimum absolute atomic E-state index is 0.194. The monoisotopic (exact) mass is 153 g/mol. The maximum atomic E-state index is 10.1. The fraction of sp³-hybridized carbons (Fsp3) is 0.429. The highest BCUT2D eigenvalue weighted by atomic mass is 16.4. The Kier molecular flexibility index (Phi) is 2.66. The quantitative estimate of drug-likeness (QED) is 0.687. The zero-order chi connectivity index (χ0) is 8.10. The molecule has 0 bridgehead atoms. The Morgan fingerprint density at radius 3 is 3.09 bits per heavy atom. The summed E-state index contributed by atoms with van der Waals surface area (Å²) in [6.45, 7) is 0.649. The molecule has 0 amide bonds. The molecule has 1 aromatic heterocycles. The van der Waals surface area contributed by atoms with Crippen molar-refractivity contribution in [3.8, 4) is 0 Å². The molecule has 0 spiro atoms. The molecule has 0 aliphatic rings. The van der Waals surface area contributed by atoms with Crippen LogP contribution in [0.15, 0.2) is 12.4 Å². The molecule has 0 aromatic carbocycles. The van der Waals surface area contributed by atoms with Gasteiger partial charge in [-0.15, -0.1) is 0 Å².